The van der Waals surface area contributed by atoms with Gasteiger partial charge in [0.15, 0.2) is 11.3 Å². The van der Waals surface area contributed by atoms with Crippen molar-refractivity contribution in [3.63, 3.8) is 0 Å². The smallest absolute Gasteiger partial charge is 0.278 e. The maximum absolute atomic E-state index is 13.0. The predicted octanol–water partition coefficient (Wildman–Crippen LogP) is 5.46. The number of ether oxygens (including phenoxy) is 2. The first-order valence-corrected chi connectivity index (χ1v) is 11.0. The number of hydrogen-bond acceptors (Lipinski definition) is 6. The van der Waals surface area contributed by atoms with Gasteiger partial charge in [-0.3, -0.25) is 4.79 Å². The van der Waals surface area contributed by atoms with Crippen LogP contribution in [0.15, 0.2) is 78.9 Å². The molecule has 2 aromatic heterocycles. The molecule has 8 heteroatoms. The highest BCUT2D eigenvalue weighted by molar-refractivity contribution is 6.03. The largest absolute Gasteiger partial charge is 0.497 e. The summed E-state index contributed by atoms with van der Waals surface area (Å²) in [5.74, 6) is 1.81. The van der Waals surface area contributed by atoms with E-state index in [0.717, 1.165) is 28.3 Å². The van der Waals surface area contributed by atoms with Gasteiger partial charge >= 0.3 is 0 Å². The van der Waals surface area contributed by atoms with Crippen molar-refractivity contribution in [1.29, 1.82) is 0 Å². The molecule has 5 aromatic rings. The van der Waals surface area contributed by atoms with Gasteiger partial charge in [-0.1, -0.05) is 30.3 Å². The molecule has 0 spiro atoms. The molecule has 0 saturated carbocycles. The van der Waals surface area contributed by atoms with Crippen LogP contribution in [0, 0.1) is 13.8 Å². The average Bonchev–Trinajstić information content (AvgIpc) is 3.23. The molecule has 0 aliphatic carbocycles. The SMILES string of the molecule is COc1ccc(-c2c(C)nn3c(C)c(C(=O)Nc4ccc(Oc5ccccc5)cc4)nnc23)cc1. The molecule has 1 amide bonds. The van der Waals surface area contributed by atoms with E-state index in [1.54, 1.807) is 42.8 Å². The van der Waals surface area contributed by atoms with Crippen LogP contribution >= 0.6 is 0 Å². The third-order valence-corrected chi connectivity index (χ3v) is 5.63. The summed E-state index contributed by atoms with van der Waals surface area (Å²) in [6, 6.07) is 24.3. The number of aryl methyl sites for hydroxylation is 2. The molecule has 0 atom stereocenters. The Bertz CT molecular complexity index is 1490. The monoisotopic (exact) mass is 465 g/mol. The third-order valence-electron chi connectivity index (χ3n) is 5.63. The fourth-order valence-corrected chi connectivity index (χ4v) is 3.84. The Morgan fingerprint density at radius 2 is 1.49 bits per heavy atom. The lowest BCUT2D eigenvalue weighted by molar-refractivity contribution is 0.102. The number of benzene rings is 3. The molecule has 0 unspecified atom stereocenters. The summed E-state index contributed by atoms with van der Waals surface area (Å²) in [5.41, 5.74) is 4.60. The van der Waals surface area contributed by atoms with Gasteiger partial charge in [-0.05, 0) is 67.9 Å². The van der Waals surface area contributed by atoms with E-state index in [0.29, 0.717) is 22.8 Å². The highest BCUT2D eigenvalue weighted by Gasteiger charge is 2.20. The maximum Gasteiger partial charge on any atom is 0.278 e. The molecule has 2 heterocycles. The Morgan fingerprint density at radius 1 is 0.829 bits per heavy atom. The number of rotatable bonds is 6. The first kappa shape index (κ1) is 22.1. The summed E-state index contributed by atoms with van der Waals surface area (Å²) in [6.07, 6.45) is 0. The van der Waals surface area contributed by atoms with Crippen molar-refractivity contribution in [3.05, 3.63) is 95.9 Å². The quantitative estimate of drug-likeness (QED) is 0.358. The zero-order valence-electron chi connectivity index (χ0n) is 19.5. The minimum Gasteiger partial charge on any atom is -0.497 e. The summed E-state index contributed by atoms with van der Waals surface area (Å²) in [6.45, 7) is 3.71. The highest BCUT2D eigenvalue weighted by Crippen LogP contribution is 2.29. The first-order chi connectivity index (χ1) is 17.0. The van der Waals surface area contributed by atoms with Crippen LogP contribution in [0.3, 0.4) is 0 Å². The van der Waals surface area contributed by atoms with Crippen LogP contribution in [0.1, 0.15) is 21.9 Å². The minimum atomic E-state index is -0.368. The molecule has 35 heavy (non-hydrogen) atoms. The second kappa shape index (κ2) is 9.26. The van der Waals surface area contributed by atoms with Crippen LogP contribution < -0.4 is 14.8 Å². The number of carbonyl (C=O) groups is 1. The Labute approximate surface area is 202 Å². The molecule has 0 aliphatic heterocycles. The second-order valence-corrected chi connectivity index (χ2v) is 7.95. The molecule has 3 aromatic carbocycles. The van der Waals surface area contributed by atoms with Crippen LogP contribution in [0.5, 0.6) is 17.2 Å². The molecule has 8 nitrogen and oxygen atoms in total. The number of methoxy groups -OCH3 is 1. The Kier molecular flexibility index (Phi) is 5.85. The summed E-state index contributed by atoms with van der Waals surface area (Å²) >= 11 is 0. The van der Waals surface area contributed by atoms with Crippen molar-refractivity contribution >= 4 is 17.2 Å². The van der Waals surface area contributed by atoms with Crippen LogP contribution in [0.25, 0.3) is 16.8 Å². The molecular formula is C27H23N5O3. The zero-order valence-corrected chi connectivity index (χ0v) is 19.5. The number of hydrogen-bond donors (Lipinski definition) is 1. The van der Waals surface area contributed by atoms with Crippen LogP contribution in [0.4, 0.5) is 5.69 Å². The Hall–Kier alpha value is -4.72. The first-order valence-electron chi connectivity index (χ1n) is 11.0. The lowest BCUT2D eigenvalue weighted by Crippen LogP contribution is -2.18. The van der Waals surface area contributed by atoms with Gasteiger partial charge in [-0.2, -0.15) is 5.10 Å². The molecule has 174 valence electrons. The van der Waals surface area contributed by atoms with Crippen molar-refractivity contribution in [1.82, 2.24) is 19.8 Å². The summed E-state index contributed by atoms with van der Waals surface area (Å²) in [5, 5.41) is 16.1. The molecular weight excluding hydrogens is 442 g/mol. The second-order valence-electron chi connectivity index (χ2n) is 7.95. The number of carbonyl (C=O) groups excluding carboxylic acids is 1. The van der Waals surface area contributed by atoms with E-state index < -0.39 is 0 Å². The minimum absolute atomic E-state index is 0.200. The van der Waals surface area contributed by atoms with Crippen LogP contribution in [0.2, 0.25) is 0 Å². The van der Waals surface area contributed by atoms with Gasteiger partial charge in [0.25, 0.3) is 5.91 Å². The van der Waals surface area contributed by atoms with E-state index in [4.69, 9.17) is 9.47 Å². The molecule has 0 fully saturated rings. The van der Waals surface area contributed by atoms with Gasteiger partial charge < -0.3 is 14.8 Å². The molecule has 0 bridgehead atoms. The Morgan fingerprint density at radius 3 is 2.17 bits per heavy atom. The number of fused-ring (bicyclic) bond motifs is 1. The van der Waals surface area contributed by atoms with Gasteiger partial charge in [0.1, 0.15) is 17.2 Å². The lowest BCUT2D eigenvalue weighted by Gasteiger charge is -2.09. The van der Waals surface area contributed by atoms with E-state index in [9.17, 15) is 4.79 Å². The number of anilines is 1. The van der Waals surface area contributed by atoms with Gasteiger partial charge in [0.2, 0.25) is 0 Å². The van der Waals surface area contributed by atoms with Crippen molar-refractivity contribution in [2.24, 2.45) is 0 Å². The molecule has 0 aliphatic rings. The normalized spacial score (nSPS) is 10.8. The molecule has 5 rings (SSSR count). The number of para-hydroxylation sites is 1. The summed E-state index contributed by atoms with van der Waals surface area (Å²) < 4.78 is 12.7. The van der Waals surface area contributed by atoms with E-state index in [1.807, 2.05) is 61.5 Å². The topological polar surface area (TPSA) is 90.6 Å². The van der Waals surface area contributed by atoms with E-state index in [-0.39, 0.29) is 11.6 Å². The van der Waals surface area contributed by atoms with Crippen molar-refractivity contribution < 1.29 is 14.3 Å². The van der Waals surface area contributed by atoms with Gasteiger partial charge in [-0.15, -0.1) is 10.2 Å². The van der Waals surface area contributed by atoms with Gasteiger partial charge in [0.05, 0.1) is 24.1 Å². The summed E-state index contributed by atoms with van der Waals surface area (Å²) in [4.78, 5) is 13.0. The van der Waals surface area contributed by atoms with Gasteiger partial charge in [-0.25, -0.2) is 4.52 Å². The molecule has 0 radical (unpaired) electrons. The fraction of sp³-hybridized carbons (Fsp3) is 0.111. The molecule has 1 N–H and O–H groups in total. The van der Waals surface area contributed by atoms with Crippen molar-refractivity contribution in [2.45, 2.75) is 13.8 Å². The summed E-state index contributed by atoms with van der Waals surface area (Å²) in [7, 11) is 1.63. The van der Waals surface area contributed by atoms with Crippen LogP contribution in [-0.4, -0.2) is 32.8 Å². The highest BCUT2D eigenvalue weighted by atomic mass is 16.5. The maximum atomic E-state index is 13.0. The number of nitrogens with zero attached hydrogens (tertiary/aromatic N) is 4. The van der Waals surface area contributed by atoms with E-state index >= 15 is 0 Å². The number of nitrogens with one attached hydrogen (secondary N) is 1. The average molecular weight is 466 g/mol. The number of amides is 1. The standard InChI is InChI=1S/C27H23N5O3/c1-17-24(19-9-13-21(34-3)14-10-19)26-30-29-25(18(2)32(26)31-17)27(33)28-20-11-15-23(16-12-20)35-22-7-5-4-6-8-22/h4-16H,1-3H3,(H,28,33). The zero-order chi connectivity index (χ0) is 24.4. The molecule has 0 saturated heterocycles. The Balaban J connectivity index is 1.38. The van der Waals surface area contributed by atoms with Crippen molar-refractivity contribution in [3.8, 4) is 28.4 Å². The number of aromatic nitrogens is 4. The van der Waals surface area contributed by atoms with Crippen molar-refractivity contribution in [2.75, 3.05) is 12.4 Å². The fourth-order valence-electron chi connectivity index (χ4n) is 3.84. The van der Waals surface area contributed by atoms with Gasteiger partial charge in [0, 0.05) is 5.69 Å². The lowest BCUT2D eigenvalue weighted by atomic mass is 10.1. The predicted molar refractivity (Wildman–Crippen MR) is 133 cm³/mol. The van der Waals surface area contributed by atoms with E-state index in [1.165, 1.54) is 0 Å². The third kappa shape index (κ3) is 4.41. The van der Waals surface area contributed by atoms with E-state index in [2.05, 4.69) is 20.6 Å². The van der Waals surface area contributed by atoms with Crippen LogP contribution in [-0.2, 0) is 0 Å².